The Hall–Kier alpha value is -1.46. The lowest BCUT2D eigenvalue weighted by molar-refractivity contribution is -0.197. The minimum atomic E-state index is -0.964. The van der Waals surface area contributed by atoms with Gasteiger partial charge in [-0.05, 0) is 78.1 Å². The molecule has 0 aromatic heterocycles. The summed E-state index contributed by atoms with van der Waals surface area (Å²) in [4.78, 5) is 32.0. The Labute approximate surface area is 254 Å². The van der Waals surface area contributed by atoms with Gasteiger partial charge in [0.2, 0.25) is 0 Å². The molecule has 0 aromatic carbocycles. The lowest BCUT2D eigenvalue weighted by Crippen LogP contribution is -2.61. The van der Waals surface area contributed by atoms with Crippen LogP contribution < -0.4 is 11.1 Å². The first-order chi connectivity index (χ1) is 19.1. The first-order valence-electron chi connectivity index (χ1n) is 15.9. The van der Waals surface area contributed by atoms with Crippen LogP contribution in [0.5, 0.6) is 0 Å². The van der Waals surface area contributed by atoms with Crippen molar-refractivity contribution < 1.29 is 28.5 Å². The zero-order valence-electron chi connectivity index (χ0n) is 28.6. The zero-order valence-corrected chi connectivity index (χ0v) is 28.6. The number of nitrogens with zero attached hydrogens (tertiary/aromatic N) is 2. The van der Waals surface area contributed by atoms with Gasteiger partial charge in [-0.2, -0.15) is 0 Å². The number of nitrogens with one attached hydrogen (secondary N) is 1. The van der Waals surface area contributed by atoms with Gasteiger partial charge in [0.05, 0.1) is 12.2 Å². The molecule has 1 saturated carbocycles. The molecule has 3 N–H and O–H groups in total. The second-order valence-corrected chi connectivity index (χ2v) is 15.9. The van der Waals surface area contributed by atoms with Crippen molar-refractivity contribution >= 4 is 12.1 Å². The molecule has 2 saturated heterocycles. The summed E-state index contributed by atoms with van der Waals surface area (Å²) in [6.07, 6.45) is 1.12. The van der Waals surface area contributed by atoms with Gasteiger partial charge in [0.15, 0.2) is 11.4 Å². The van der Waals surface area contributed by atoms with E-state index in [0.29, 0.717) is 25.9 Å². The third-order valence-corrected chi connectivity index (χ3v) is 9.10. The van der Waals surface area contributed by atoms with Gasteiger partial charge in [0, 0.05) is 24.5 Å². The van der Waals surface area contributed by atoms with Gasteiger partial charge in [0.1, 0.15) is 18.5 Å². The maximum Gasteiger partial charge on any atom is 0.409 e. The predicted octanol–water partition coefficient (Wildman–Crippen LogP) is 5.05. The monoisotopic (exact) mass is 596 g/mol. The Morgan fingerprint density at radius 3 is 1.74 bits per heavy atom. The van der Waals surface area contributed by atoms with Gasteiger partial charge in [-0.15, -0.1) is 0 Å². The van der Waals surface area contributed by atoms with Crippen LogP contribution in [0.15, 0.2) is 0 Å². The van der Waals surface area contributed by atoms with Crippen molar-refractivity contribution in [3.05, 3.63) is 0 Å². The molecule has 3 fully saturated rings. The second-order valence-electron chi connectivity index (χ2n) is 15.9. The third kappa shape index (κ3) is 7.97. The molecule has 10 nitrogen and oxygen atoms in total. The number of hydrogen-bond acceptors (Lipinski definition) is 9. The molecule has 0 radical (unpaired) electrons. The summed E-state index contributed by atoms with van der Waals surface area (Å²) >= 11 is 0. The Balaban J connectivity index is 1.87. The fourth-order valence-corrected chi connectivity index (χ4v) is 7.71. The van der Waals surface area contributed by atoms with E-state index in [4.69, 9.17) is 24.7 Å². The Bertz CT molecular complexity index is 969. The van der Waals surface area contributed by atoms with E-state index in [-0.39, 0.29) is 48.0 Å². The lowest BCUT2D eigenvalue weighted by Gasteiger charge is -2.49. The van der Waals surface area contributed by atoms with Crippen LogP contribution in [-0.2, 0) is 23.7 Å². The molecule has 42 heavy (non-hydrogen) atoms. The van der Waals surface area contributed by atoms with Crippen LogP contribution >= 0.6 is 0 Å². The second kappa shape index (κ2) is 12.5. The van der Waals surface area contributed by atoms with Crippen molar-refractivity contribution in [3.8, 4) is 0 Å². The molecule has 10 heteroatoms. The largest absolute Gasteiger partial charge is 0.443 e. The van der Waals surface area contributed by atoms with Gasteiger partial charge in [-0.1, -0.05) is 48.5 Å². The minimum Gasteiger partial charge on any atom is -0.443 e. The molecular weight excluding hydrogens is 536 g/mol. The third-order valence-electron chi connectivity index (χ3n) is 9.10. The fourth-order valence-electron chi connectivity index (χ4n) is 7.71. The van der Waals surface area contributed by atoms with Crippen LogP contribution in [0.25, 0.3) is 0 Å². The number of hydrogen-bond donors (Lipinski definition) is 2. The van der Waals surface area contributed by atoms with E-state index in [1.54, 1.807) is 0 Å². The molecule has 2 heterocycles. The molecule has 1 amide bonds. The molecule has 7 unspecified atom stereocenters. The Kier molecular flexibility index (Phi) is 10.4. The number of esters is 1. The number of carbonyl (C=O) groups is 2. The highest BCUT2D eigenvalue weighted by atomic mass is 16.6. The number of ether oxygens (including phenoxy) is 4. The minimum absolute atomic E-state index is 0.0168. The topological polar surface area (TPSA) is 116 Å². The molecule has 0 bridgehead atoms. The van der Waals surface area contributed by atoms with E-state index in [2.05, 4.69) is 56.7 Å². The maximum atomic E-state index is 14.2. The van der Waals surface area contributed by atoms with Crippen LogP contribution in [0.3, 0.4) is 0 Å². The number of carbonyl (C=O) groups excluding carboxylic acids is 2. The molecule has 3 rings (SSSR count). The number of alkyl carbamates (subject to hydrolysis) is 1. The lowest BCUT2D eigenvalue weighted by atomic mass is 9.60. The molecule has 7 atom stereocenters. The van der Waals surface area contributed by atoms with E-state index in [0.717, 1.165) is 6.42 Å². The normalized spacial score (nSPS) is 33.7. The first kappa shape index (κ1) is 35.0. The van der Waals surface area contributed by atoms with Crippen LogP contribution in [0, 0.1) is 22.7 Å². The zero-order chi connectivity index (χ0) is 32.0. The molecular formula is C32H60N4O6. The highest BCUT2D eigenvalue weighted by Crippen LogP contribution is 2.48. The van der Waals surface area contributed by atoms with E-state index >= 15 is 0 Å². The van der Waals surface area contributed by atoms with Crippen LogP contribution in [-0.4, -0.2) is 83.1 Å². The van der Waals surface area contributed by atoms with Crippen molar-refractivity contribution in [1.29, 1.82) is 0 Å². The number of rotatable bonds is 9. The Morgan fingerprint density at radius 1 is 0.857 bits per heavy atom. The van der Waals surface area contributed by atoms with Gasteiger partial charge < -0.3 is 30.0 Å². The summed E-state index contributed by atoms with van der Waals surface area (Å²) in [7, 11) is 0. The van der Waals surface area contributed by atoms with Crippen LogP contribution in [0.1, 0.15) is 109 Å². The molecule has 0 spiro atoms. The van der Waals surface area contributed by atoms with E-state index in [1.165, 1.54) is 0 Å². The SMILES string of the molecule is CC1CN(C(C)(C)OC(=O)NC(C(=O)OC(C)(C)N2CC(C)OC2C(C)C)C2(C)CC(N)CC(C)(C)C2)C(C(C)C)O1. The summed E-state index contributed by atoms with van der Waals surface area (Å²) in [5.41, 5.74) is 3.87. The molecule has 3 aliphatic rings. The van der Waals surface area contributed by atoms with Gasteiger partial charge >= 0.3 is 12.1 Å². The van der Waals surface area contributed by atoms with E-state index in [1.807, 2.05) is 48.5 Å². The molecule has 1 aliphatic carbocycles. The van der Waals surface area contributed by atoms with E-state index in [9.17, 15) is 9.59 Å². The Morgan fingerprint density at radius 2 is 1.31 bits per heavy atom. The summed E-state index contributed by atoms with van der Waals surface area (Å²) in [6.45, 7) is 27.5. The van der Waals surface area contributed by atoms with Gasteiger partial charge in [0.25, 0.3) is 0 Å². The summed E-state index contributed by atoms with van der Waals surface area (Å²) in [5, 5.41) is 2.97. The number of nitrogens with two attached hydrogens (primary N) is 1. The van der Waals surface area contributed by atoms with Crippen molar-refractivity contribution in [2.45, 2.75) is 157 Å². The van der Waals surface area contributed by atoms with Crippen molar-refractivity contribution in [2.75, 3.05) is 13.1 Å². The van der Waals surface area contributed by atoms with Gasteiger partial charge in [-0.3, -0.25) is 0 Å². The maximum absolute atomic E-state index is 14.2. The van der Waals surface area contributed by atoms with Crippen molar-refractivity contribution in [3.63, 3.8) is 0 Å². The average Bonchev–Trinajstić information content (AvgIpc) is 3.39. The van der Waals surface area contributed by atoms with Crippen LogP contribution in [0.4, 0.5) is 4.79 Å². The average molecular weight is 597 g/mol. The molecule has 0 aromatic rings. The smallest absolute Gasteiger partial charge is 0.409 e. The van der Waals surface area contributed by atoms with E-state index < -0.39 is 35.0 Å². The summed E-state index contributed by atoms with van der Waals surface area (Å²) in [5.74, 6) is -0.0780. The predicted molar refractivity (Wildman–Crippen MR) is 163 cm³/mol. The van der Waals surface area contributed by atoms with Gasteiger partial charge in [-0.25, -0.2) is 19.4 Å². The molecule has 2 aliphatic heterocycles. The fraction of sp³-hybridized carbons (Fsp3) is 0.938. The van der Waals surface area contributed by atoms with Crippen LogP contribution in [0.2, 0.25) is 0 Å². The highest BCUT2D eigenvalue weighted by Gasteiger charge is 2.52. The first-order valence-corrected chi connectivity index (χ1v) is 15.9. The number of amides is 1. The summed E-state index contributed by atoms with van der Waals surface area (Å²) < 4.78 is 24.6. The standard InChI is InChI=1S/C32H60N4O6/c1-19(2)25-35(16-21(5)39-25)30(9,10)41-27(37)24(32(13)15-23(33)14-29(7,8)18-32)34-28(38)42-31(11,12)36-17-22(6)40-26(36)20(3)4/h19-26H,14-18,33H2,1-13H3,(H,34,38). The molecule has 244 valence electrons. The van der Waals surface area contributed by atoms with Crippen molar-refractivity contribution in [1.82, 2.24) is 15.1 Å². The van der Waals surface area contributed by atoms with Crippen molar-refractivity contribution in [2.24, 2.45) is 28.4 Å². The highest BCUT2D eigenvalue weighted by molar-refractivity contribution is 5.82. The summed E-state index contributed by atoms with van der Waals surface area (Å²) in [6, 6.07) is -1.07. The quantitative estimate of drug-likeness (QED) is 0.353.